The second-order valence-electron chi connectivity index (χ2n) is 4.12. The number of amides is 1. The number of aromatic nitrogens is 1. The van der Waals surface area contributed by atoms with Crippen LogP contribution in [0.1, 0.15) is 17.0 Å². The zero-order valence-electron chi connectivity index (χ0n) is 10.5. The van der Waals surface area contributed by atoms with Crippen molar-refractivity contribution in [3.05, 3.63) is 33.4 Å². The van der Waals surface area contributed by atoms with E-state index in [2.05, 4.69) is 17.6 Å². The summed E-state index contributed by atoms with van der Waals surface area (Å²) in [5.74, 6) is 0.399. The Balaban J connectivity index is 2.27. The molecule has 0 aromatic carbocycles. The molecule has 0 radical (unpaired) electrons. The molecule has 2 heterocycles. The number of hydrogen-bond acceptors (Lipinski definition) is 5. The number of thiazole rings is 1. The van der Waals surface area contributed by atoms with Gasteiger partial charge in [-0.1, -0.05) is 6.08 Å². The van der Waals surface area contributed by atoms with Crippen molar-refractivity contribution in [1.29, 1.82) is 0 Å². The van der Waals surface area contributed by atoms with Crippen LogP contribution < -0.4 is 0 Å². The van der Waals surface area contributed by atoms with Crippen molar-refractivity contribution < 1.29 is 9.59 Å². The minimum atomic E-state index is -0.0104. The molecular weight excluding hydrogens is 280 g/mol. The van der Waals surface area contributed by atoms with Crippen LogP contribution in [0.2, 0.25) is 0 Å². The molecule has 0 bridgehead atoms. The fourth-order valence-corrected chi connectivity index (χ4v) is 2.71. The van der Waals surface area contributed by atoms with Crippen molar-refractivity contribution >= 4 is 42.2 Å². The summed E-state index contributed by atoms with van der Waals surface area (Å²) in [7, 11) is 0. The molecule has 1 aromatic heterocycles. The van der Waals surface area contributed by atoms with E-state index < -0.39 is 0 Å². The Kier molecular flexibility index (Phi) is 4.55. The van der Waals surface area contributed by atoms with Crippen molar-refractivity contribution in [3.63, 3.8) is 0 Å². The van der Waals surface area contributed by atoms with E-state index in [1.54, 1.807) is 5.51 Å². The van der Waals surface area contributed by atoms with Crippen molar-refractivity contribution in [2.75, 3.05) is 12.3 Å². The van der Waals surface area contributed by atoms with E-state index in [4.69, 9.17) is 0 Å². The molecule has 1 saturated heterocycles. The topological polar surface area (TPSA) is 50.3 Å². The van der Waals surface area contributed by atoms with E-state index in [1.807, 2.05) is 19.1 Å². The maximum atomic E-state index is 11.4. The predicted octanol–water partition coefficient (Wildman–Crippen LogP) is 2.08. The van der Waals surface area contributed by atoms with Crippen molar-refractivity contribution in [2.45, 2.75) is 13.3 Å². The second kappa shape index (κ2) is 6.16. The molecule has 1 aromatic rings. The molecule has 0 spiro atoms. The Hall–Kier alpha value is -1.40. The van der Waals surface area contributed by atoms with E-state index >= 15 is 0 Å². The van der Waals surface area contributed by atoms with Crippen LogP contribution in [0.5, 0.6) is 0 Å². The largest absolute Gasteiger partial charge is 0.309 e. The summed E-state index contributed by atoms with van der Waals surface area (Å²) in [6.45, 7) is 2.54. The lowest BCUT2D eigenvalue weighted by atomic mass is 10.1. The number of allylic oxidation sites excluding steroid dienone is 2. The van der Waals surface area contributed by atoms with Gasteiger partial charge in [0.15, 0.2) is 6.29 Å². The molecule has 1 amide bonds. The maximum Gasteiger partial charge on any atom is 0.228 e. The fourth-order valence-electron chi connectivity index (χ4n) is 1.75. The number of carbonyl (C=O) groups excluding carboxylic acids is 2. The van der Waals surface area contributed by atoms with E-state index in [0.29, 0.717) is 24.4 Å². The molecule has 0 saturated carbocycles. The Morgan fingerprint density at radius 2 is 2.42 bits per heavy atom. The summed E-state index contributed by atoms with van der Waals surface area (Å²) < 4.78 is 0. The van der Waals surface area contributed by atoms with Crippen molar-refractivity contribution in [2.24, 2.45) is 0 Å². The number of nitrogens with zero attached hydrogens (tertiary/aromatic N) is 2. The summed E-state index contributed by atoms with van der Waals surface area (Å²) in [4.78, 5) is 29.3. The van der Waals surface area contributed by atoms with Gasteiger partial charge in [0.25, 0.3) is 0 Å². The minimum absolute atomic E-state index is 0.0104. The van der Waals surface area contributed by atoms with Crippen LogP contribution in [0, 0.1) is 6.92 Å². The summed E-state index contributed by atoms with van der Waals surface area (Å²) in [6, 6.07) is 0. The first-order valence-corrected chi connectivity index (χ1v) is 7.36. The van der Waals surface area contributed by atoms with E-state index in [9.17, 15) is 9.59 Å². The third-order valence-corrected chi connectivity index (χ3v) is 4.21. The standard InChI is InChI=1S/C13H14N2O2S2/c1-9-12(19-8-14-9)3-2-10(7-18)11(6-16)15-5-4-13(15)17/h2-3,6,8,18H,4-5,7H2,1H3/b3-2?,11-10-. The molecule has 1 aliphatic rings. The van der Waals surface area contributed by atoms with Crippen LogP contribution >= 0.6 is 24.0 Å². The highest BCUT2D eigenvalue weighted by molar-refractivity contribution is 7.80. The third-order valence-electron chi connectivity index (χ3n) is 2.97. The van der Waals surface area contributed by atoms with Gasteiger partial charge < -0.3 is 4.90 Å². The van der Waals surface area contributed by atoms with Gasteiger partial charge in [0.2, 0.25) is 5.91 Å². The quantitative estimate of drug-likeness (QED) is 0.297. The van der Waals surface area contributed by atoms with Gasteiger partial charge in [-0.05, 0) is 18.6 Å². The summed E-state index contributed by atoms with van der Waals surface area (Å²) in [5.41, 5.74) is 3.90. The van der Waals surface area contributed by atoms with E-state index in [1.165, 1.54) is 16.2 Å². The third kappa shape index (κ3) is 2.96. The van der Waals surface area contributed by atoms with Gasteiger partial charge in [-0.2, -0.15) is 12.6 Å². The van der Waals surface area contributed by atoms with Crippen LogP contribution in [0.4, 0.5) is 0 Å². The van der Waals surface area contributed by atoms with Gasteiger partial charge >= 0.3 is 0 Å². The van der Waals surface area contributed by atoms with Gasteiger partial charge in [-0.15, -0.1) is 11.3 Å². The number of β-lactam (4-membered cyclic amide) rings is 1. The molecule has 0 unspecified atom stereocenters. The number of likely N-dealkylation sites (tertiary alicyclic amines) is 1. The normalized spacial score (nSPS) is 16.5. The number of aldehydes is 1. The molecule has 2 rings (SSSR count). The van der Waals surface area contributed by atoms with Crippen LogP contribution in [0.15, 0.2) is 22.9 Å². The van der Waals surface area contributed by atoms with Crippen molar-refractivity contribution in [1.82, 2.24) is 9.88 Å². The van der Waals surface area contributed by atoms with Gasteiger partial charge in [0.1, 0.15) is 0 Å². The summed E-state index contributed by atoms with van der Waals surface area (Å²) in [6.07, 6.45) is 4.98. The number of aryl methyl sites for hydroxylation is 1. The molecule has 1 fully saturated rings. The highest BCUT2D eigenvalue weighted by atomic mass is 32.1. The Bertz CT molecular complexity index is 561. The number of thiol groups is 1. The van der Waals surface area contributed by atoms with E-state index in [-0.39, 0.29) is 5.91 Å². The Morgan fingerprint density at radius 1 is 1.63 bits per heavy atom. The number of carbonyl (C=O) groups is 2. The van der Waals surface area contributed by atoms with Gasteiger partial charge in [0, 0.05) is 23.6 Å². The first kappa shape index (κ1) is 14.0. The molecule has 0 N–H and O–H groups in total. The van der Waals surface area contributed by atoms with Gasteiger partial charge in [-0.25, -0.2) is 4.98 Å². The monoisotopic (exact) mass is 294 g/mol. The zero-order chi connectivity index (χ0) is 13.8. The molecule has 6 heteroatoms. The lowest BCUT2D eigenvalue weighted by molar-refractivity contribution is -0.138. The van der Waals surface area contributed by atoms with E-state index in [0.717, 1.165) is 22.4 Å². The maximum absolute atomic E-state index is 11.4. The second-order valence-corrected chi connectivity index (χ2v) is 5.32. The molecule has 4 nitrogen and oxygen atoms in total. The van der Waals surface area contributed by atoms with Crippen LogP contribution in [0.25, 0.3) is 6.08 Å². The summed E-state index contributed by atoms with van der Waals surface area (Å²) in [5, 5.41) is 0. The minimum Gasteiger partial charge on any atom is -0.309 e. The Labute approximate surface area is 121 Å². The predicted molar refractivity (Wildman–Crippen MR) is 79.2 cm³/mol. The molecule has 0 aliphatic carbocycles. The highest BCUT2D eigenvalue weighted by Gasteiger charge is 2.28. The lowest BCUT2D eigenvalue weighted by Gasteiger charge is -2.31. The van der Waals surface area contributed by atoms with Crippen molar-refractivity contribution in [3.8, 4) is 0 Å². The molecule has 19 heavy (non-hydrogen) atoms. The summed E-state index contributed by atoms with van der Waals surface area (Å²) >= 11 is 5.77. The molecule has 0 atom stereocenters. The smallest absolute Gasteiger partial charge is 0.228 e. The van der Waals surface area contributed by atoms with Crippen LogP contribution in [-0.2, 0) is 9.59 Å². The van der Waals surface area contributed by atoms with Gasteiger partial charge in [0.05, 0.1) is 16.9 Å². The number of rotatable bonds is 5. The highest BCUT2D eigenvalue weighted by Crippen LogP contribution is 2.21. The van der Waals surface area contributed by atoms with Crippen LogP contribution in [0.3, 0.4) is 0 Å². The molecule has 1 aliphatic heterocycles. The fraction of sp³-hybridized carbons (Fsp3) is 0.308. The van der Waals surface area contributed by atoms with Crippen LogP contribution in [-0.4, -0.2) is 34.4 Å². The average Bonchev–Trinajstić information content (AvgIpc) is 2.81. The lowest BCUT2D eigenvalue weighted by Crippen LogP contribution is -2.43. The molecular formula is C13H14N2O2S2. The average molecular weight is 294 g/mol. The zero-order valence-corrected chi connectivity index (χ0v) is 12.2. The first-order chi connectivity index (χ1) is 9.17. The first-order valence-electron chi connectivity index (χ1n) is 5.85. The van der Waals surface area contributed by atoms with Gasteiger partial charge in [-0.3, -0.25) is 9.59 Å². The molecule has 100 valence electrons. The SMILES string of the molecule is Cc1ncsc1C=C/C(CS)=C(\C=O)N1CCC1=O. The number of hydrogen-bond donors (Lipinski definition) is 1. The Morgan fingerprint density at radius 3 is 2.84 bits per heavy atom.